The molecule has 64 heavy (non-hydrogen) atoms. The maximum atomic E-state index is 14.9. The quantitative estimate of drug-likeness (QED) is 0.136. The molecule has 3 aliphatic rings. The van der Waals surface area contributed by atoms with E-state index in [1.807, 2.05) is 68.6 Å². The van der Waals surface area contributed by atoms with E-state index >= 15 is 0 Å². The first-order valence-electron chi connectivity index (χ1n) is 22.5. The number of hydrogen-bond acceptors (Lipinski definition) is 11. The Balaban J connectivity index is 1.13. The molecule has 0 radical (unpaired) electrons. The monoisotopic (exact) mass is 883 g/mol. The number of amides is 2. The number of esters is 1. The first kappa shape index (κ1) is 43.7. The van der Waals surface area contributed by atoms with Crippen LogP contribution in [0.2, 0.25) is 0 Å². The van der Waals surface area contributed by atoms with Crippen LogP contribution in [0, 0.1) is 17.3 Å². The molecule has 6 heterocycles. The maximum Gasteiger partial charge on any atom is 0.324 e. The first-order valence-corrected chi connectivity index (χ1v) is 23.4. The summed E-state index contributed by atoms with van der Waals surface area (Å²) in [7, 11) is 1.70. The van der Waals surface area contributed by atoms with Crippen LogP contribution in [0.3, 0.4) is 0 Å². The second-order valence-electron chi connectivity index (χ2n) is 18.2. The van der Waals surface area contributed by atoms with Gasteiger partial charge in [0.1, 0.15) is 23.2 Å². The number of thiazole rings is 1. The zero-order valence-corrected chi connectivity index (χ0v) is 38.4. The van der Waals surface area contributed by atoms with Crippen LogP contribution in [0.4, 0.5) is 0 Å². The summed E-state index contributed by atoms with van der Waals surface area (Å²) in [6.07, 6.45) is 2.28. The van der Waals surface area contributed by atoms with Crippen LogP contribution in [-0.2, 0) is 41.6 Å². The minimum atomic E-state index is -1.15. The van der Waals surface area contributed by atoms with Gasteiger partial charge in [0.05, 0.1) is 35.3 Å². The van der Waals surface area contributed by atoms with Crippen LogP contribution in [0.5, 0.6) is 0 Å². The van der Waals surface area contributed by atoms with E-state index in [4.69, 9.17) is 29.2 Å². The van der Waals surface area contributed by atoms with E-state index in [9.17, 15) is 14.4 Å². The fourth-order valence-corrected chi connectivity index (χ4v) is 10.7. The fraction of sp³-hybridized carbons (Fsp3) is 0.440. The number of hydrogen-bond donors (Lipinski definition) is 2. The minimum Gasteiger partial charge on any atom is -0.464 e. The molecular weight excluding hydrogens is 827 g/mol. The van der Waals surface area contributed by atoms with Gasteiger partial charge in [0.25, 0.3) is 5.91 Å². The van der Waals surface area contributed by atoms with Gasteiger partial charge in [0.15, 0.2) is 0 Å². The number of rotatable bonds is 9. The maximum absolute atomic E-state index is 14.9. The van der Waals surface area contributed by atoms with E-state index in [1.165, 1.54) is 16.3 Å². The number of hydrazine groups is 1. The second-order valence-corrected chi connectivity index (χ2v) is 19.0. The molecule has 9 rings (SSSR count). The number of methoxy groups -OCH3 is 1. The van der Waals surface area contributed by atoms with E-state index in [2.05, 4.69) is 60.3 Å². The van der Waals surface area contributed by atoms with Crippen LogP contribution in [0.15, 0.2) is 78.3 Å². The molecule has 1 saturated carbocycles. The SMILES string of the molecule is CCO[C@@H]1c2nc(cs2)-c2ccc3c(c2)c(c(-c2cccnc2[C@H](C)OC)n3CC)CC(C)(C)COC(=O)[C@@H]2CCCN(N2)C(=O)[C@H]1NC(=O)[C@H]1[C@H](C)[C@@H]1c1ccc2ccccc2n1. The van der Waals surface area contributed by atoms with E-state index in [0.717, 1.165) is 61.3 Å². The van der Waals surface area contributed by atoms with E-state index in [-0.39, 0.29) is 37.1 Å². The van der Waals surface area contributed by atoms with Crippen molar-refractivity contribution in [3.8, 4) is 22.5 Å². The number of carbonyl (C=O) groups excluding carboxylic acids is 3. The molecule has 6 bridgehead atoms. The molecule has 2 N–H and O–H groups in total. The fourth-order valence-electron chi connectivity index (χ4n) is 9.77. The van der Waals surface area contributed by atoms with Crippen molar-refractivity contribution in [3.05, 3.63) is 100 Å². The molecule has 7 atom stereocenters. The van der Waals surface area contributed by atoms with Crippen molar-refractivity contribution in [2.45, 2.75) is 97.6 Å². The number of aromatic nitrogens is 4. The Morgan fingerprint density at radius 3 is 2.70 bits per heavy atom. The molecule has 6 aromatic rings. The van der Waals surface area contributed by atoms with E-state index in [0.29, 0.717) is 37.4 Å². The van der Waals surface area contributed by atoms with Gasteiger partial charge < -0.3 is 24.1 Å². The Hall–Kier alpha value is -5.54. The van der Waals surface area contributed by atoms with Crippen LogP contribution in [-0.4, -0.2) is 81.3 Å². The topological polar surface area (TPSA) is 150 Å². The number of carbonyl (C=O) groups is 3. The molecule has 14 heteroatoms. The summed E-state index contributed by atoms with van der Waals surface area (Å²) in [5.74, 6) is -1.59. The van der Waals surface area contributed by atoms with Gasteiger partial charge in [-0.25, -0.2) is 10.4 Å². The number of aryl methyl sites for hydroxylation is 1. The Morgan fingerprint density at radius 2 is 1.91 bits per heavy atom. The van der Waals surface area contributed by atoms with Crippen molar-refractivity contribution in [3.63, 3.8) is 0 Å². The van der Waals surface area contributed by atoms with Gasteiger partial charge in [0.2, 0.25) is 5.91 Å². The third-order valence-electron chi connectivity index (χ3n) is 13.2. The second kappa shape index (κ2) is 17.8. The molecule has 4 aromatic heterocycles. The molecule has 2 aliphatic heterocycles. The first-order chi connectivity index (χ1) is 30.9. The Bertz CT molecular complexity index is 2730. The molecule has 334 valence electrons. The molecule has 2 amide bonds. The highest BCUT2D eigenvalue weighted by atomic mass is 32.1. The van der Waals surface area contributed by atoms with Crippen molar-refractivity contribution in [2.24, 2.45) is 17.3 Å². The van der Waals surface area contributed by atoms with Crippen LogP contribution < -0.4 is 10.7 Å². The lowest BCUT2D eigenvalue weighted by Crippen LogP contribution is -2.61. The molecule has 0 spiro atoms. The minimum absolute atomic E-state index is 0.00696. The van der Waals surface area contributed by atoms with Gasteiger partial charge in [-0.2, -0.15) is 0 Å². The lowest BCUT2D eigenvalue weighted by Gasteiger charge is -2.37. The van der Waals surface area contributed by atoms with Crippen molar-refractivity contribution < 1.29 is 28.6 Å². The van der Waals surface area contributed by atoms with Gasteiger partial charge >= 0.3 is 5.97 Å². The Morgan fingerprint density at radius 1 is 1.08 bits per heavy atom. The number of pyridine rings is 2. The number of ether oxygens (including phenoxy) is 3. The van der Waals surface area contributed by atoms with Crippen molar-refractivity contribution >= 4 is 50.9 Å². The highest BCUT2D eigenvalue weighted by Gasteiger charge is 2.54. The predicted octanol–water partition coefficient (Wildman–Crippen LogP) is 8.34. The Kier molecular flexibility index (Phi) is 12.1. The third kappa shape index (κ3) is 8.21. The van der Waals surface area contributed by atoms with Gasteiger partial charge in [-0.3, -0.25) is 29.4 Å². The smallest absolute Gasteiger partial charge is 0.324 e. The molecule has 13 nitrogen and oxygen atoms in total. The zero-order valence-electron chi connectivity index (χ0n) is 37.6. The van der Waals surface area contributed by atoms with Crippen LogP contribution in [0.25, 0.3) is 44.3 Å². The van der Waals surface area contributed by atoms with Crippen LogP contribution in [0.1, 0.15) is 94.5 Å². The standard InChI is InChI=1S/C50H57N7O6S/c1-8-56-39-21-19-31-24-33(39)34(44(56)32-15-12-22-51-42(32)29(4)61-7)25-50(5,6)27-63-49(60)37-17-13-23-57(55-37)48(59)43(45(62-9-2)47-53-38(31)26-64-47)54-46(58)41-28(3)40(41)36-20-18-30-14-10-11-16-35(30)52-36/h10-12,14-16,18-22,24,26,28-29,37,40-41,43,45,55H,8-9,13,17,23,25,27H2,1-7H3,(H,54,58)/t28-,29+,37+,40-,41+,43+,45+/m1/s1. The molecule has 1 saturated heterocycles. The Labute approximate surface area is 377 Å². The summed E-state index contributed by atoms with van der Waals surface area (Å²) in [6.45, 7) is 13.8. The number of fused-ring (bicyclic) bond motifs is 7. The summed E-state index contributed by atoms with van der Waals surface area (Å²) < 4.78 is 20.7. The summed E-state index contributed by atoms with van der Waals surface area (Å²) in [5, 5.41) is 9.26. The average molecular weight is 884 g/mol. The molecular formula is C50H57N7O6S. The predicted molar refractivity (Wildman–Crippen MR) is 247 cm³/mol. The summed E-state index contributed by atoms with van der Waals surface area (Å²) in [4.78, 5) is 58.2. The van der Waals surface area contributed by atoms with Gasteiger partial charge in [0, 0.05) is 88.7 Å². The number of benzene rings is 2. The van der Waals surface area contributed by atoms with Crippen molar-refractivity contribution in [1.29, 1.82) is 0 Å². The highest BCUT2D eigenvalue weighted by molar-refractivity contribution is 7.10. The summed E-state index contributed by atoms with van der Waals surface area (Å²) in [5.41, 5.74) is 11.1. The van der Waals surface area contributed by atoms with Crippen LogP contribution >= 0.6 is 11.3 Å². The van der Waals surface area contributed by atoms with E-state index < -0.39 is 41.4 Å². The summed E-state index contributed by atoms with van der Waals surface area (Å²) in [6, 6.07) is 20.5. The van der Waals surface area contributed by atoms with Gasteiger partial charge in [-0.05, 0) is 87.9 Å². The normalized spacial score (nSPS) is 24.0. The number of para-hydroxylation sites is 1. The average Bonchev–Trinajstić information content (AvgIpc) is 3.59. The molecule has 2 aromatic carbocycles. The van der Waals surface area contributed by atoms with E-state index in [1.54, 1.807) is 13.3 Å². The van der Waals surface area contributed by atoms with Crippen molar-refractivity contribution in [1.82, 2.24) is 35.3 Å². The number of nitrogens with zero attached hydrogens (tertiary/aromatic N) is 5. The summed E-state index contributed by atoms with van der Waals surface area (Å²) >= 11 is 1.40. The van der Waals surface area contributed by atoms with Gasteiger partial charge in [-0.15, -0.1) is 11.3 Å². The zero-order chi connectivity index (χ0) is 44.9. The number of nitrogens with one attached hydrogen (secondary N) is 2. The molecule has 0 unspecified atom stereocenters. The third-order valence-corrected chi connectivity index (χ3v) is 14.1. The van der Waals surface area contributed by atoms with Gasteiger partial charge in [-0.1, -0.05) is 51.1 Å². The lowest BCUT2D eigenvalue weighted by molar-refractivity contribution is -0.156. The largest absolute Gasteiger partial charge is 0.464 e. The lowest BCUT2D eigenvalue weighted by atomic mass is 9.84. The highest BCUT2D eigenvalue weighted by Crippen LogP contribution is 2.53. The molecule has 2 fully saturated rings. The van der Waals surface area contributed by atoms with Crippen molar-refractivity contribution in [2.75, 3.05) is 26.9 Å². The molecule has 1 aliphatic carbocycles. The number of cyclic esters (lactones) is 1.